The third-order valence-electron chi connectivity index (χ3n) is 2.02. The SMILES string of the molecule is N#Cc1cnc(C(F)F)c(CC(=O)O)c1[N+](=O)[O-]. The Morgan fingerprint density at radius 3 is 2.67 bits per heavy atom. The molecule has 0 unspecified atom stereocenters. The normalized spacial score (nSPS) is 10.1. The molecule has 0 aliphatic rings. The van der Waals surface area contributed by atoms with Crippen LogP contribution in [0.2, 0.25) is 0 Å². The summed E-state index contributed by atoms with van der Waals surface area (Å²) >= 11 is 0. The predicted molar refractivity (Wildman–Crippen MR) is 51.9 cm³/mol. The lowest BCUT2D eigenvalue weighted by Crippen LogP contribution is -2.10. The quantitative estimate of drug-likeness (QED) is 0.643. The standard InChI is InChI=1S/C9H5F2N3O4/c10-9(11)7-5(1-6(15)16)8(14(17)18)4(2-12)3-13-7/h3,9H,1H2,(H,15,16). The summed E-state index contributed by atoms with van der Waals surface area (Å²) in [5, 5.41) is 27.9. The summed E-state index contributed by atoms with van der Waals surface area (Å²) in [6, 6.07) is 1.41. The average molecular weight is 257 g/mol. The molecular weight excluding hydrogens is 252 g/mol. The molecule has 9 heteroatoms. The first-order chi connectivity index (χ1) is 8.38. The zero-order chi connectivity index (χ0) is 13.9. The first-order valence-corrected chi connectivity index (χ1v) is 4.44. The van der Waals surface area contributed by atoms with Crippen LogP contribution in [0.5, 0.6) is 0 Å². The number of nitro groups is 1. The molecule has 0 aromatic carbocycles. The zero-order valence-corrected chi connectivity index (χ0v) is 8.63. The fourth-order valence-electron chi connectivity index (χ4n) is 1.36. The molecule has 0 amide bonds. The Kier molecular flexibility index (Phi) is 3.83. The minimum Gasteiger partial charge on any atom is -0.481 e. The first kappa shape index (κ1) is 13.4. The molecule has 1 aromatic heterocycles. The maximum atomic E-state index is 12.6. The summed E-state index contributed by atoms with van der Waals surface area (Å²) < 4.78 is 25.2. The van der Waals surface area contributed by atoms with Crippen LogP contribution in [-0.4, -0.2) is 21.0 Å². The van der Waals surface area contributed by atoms with Gasteiger partial charge in [0.1, 0.15) is 17.3 Å². The van der Waals surface area contributed by atoms with Crippen LogP contribution in [0.15, 0.2) is 6.20 Å². The van der Waals surface area contributed by atoms with E-state index in [0.29, 0.717) is 6.20 Å². The van der Waals surface area contributed by atoms with E-state index in [0.717, 1.165) is 0 Å². The van der Waals surface area contributed by atoms with Crippen molar-refractivity contribution in [3.63, 3.8) is 0 Å². The first-order valence-electron chi connectivity index (χ1n) is 4.44. The van der Waals surface area contributed by atoms with Gasteiger partial charge >= 0.3 is 5.97 Å². The van der Waals surface area contributed by atoms with Crippen molar-refractivity contribution in [2.24, 2.45) is 0 Å². The number of aliphatic carboxylic acids is 1. The maximum absolute atomic E-state index is 12.6. The van der Waals surface area contributed by atoms with Gasteiger partial charge in [-0.1, -0.05) is 0 Å². The molecule has 0 fully saturated rings. The Balaban J connectivity index is 3.60. The number of pyridine rings is 1. The number of rotatable bonds is 4. The van der Waals surface area contributed by atoms with E-state index in [2.05, 4.69) is 4.98 Å². The maximum Gasteiger partial charge on any atom is 0.308 e. The minimum atomic E-state index is -3.16. The summed E-state index contributed by atoms with van der Waals surface area (Å²) in [6.45, 7) is 0. The highest BCUT2D eigenvalue weighted by Gasteiger charge is 2.29. The monoisotopic (exact) mass is 257 g/mol. The molecular formula is C9H5F2N3O4. The van der Waals surface area contributed by atoms with E-state index in [-0.39, 0.29) is 0 Å². The number of carboxylic acids is 1. The number of hydrogen-bond donors (Lipinski definition) is 1. The van der Waals surface area contributed by atoms with Crippen LogP contribution < -0.4 is 0 Å². The average Bonchev–Trinajstić information content (AvgIpc) is 2.26. The van der Waals surface area contributed by atoms with Gasteiger partial charge < -0.3 is 5.11 Å². The fraction of sp³-hybridized carbons (Fsp3) is 0.222. The summed E-state index contributed by atoms with van der Waals surface area (Å²) in [5.41, 5.74) is -3.24. The van der Waals surface area contributed by atoms with E-state index in [1.807, 2.05) is 0 Å². The van der Waals surface area contributed by atoms with E-state index in [1.165, 1.54) is 6.07 Å². The number of carbonyl (C=O) groups is 1. The highest BCUT2D eigenvalue weighted by molar-refractivity contribution is 5.73. The number of aromatic nitrogens is 1. The minimum absolute atomic E-state index is 0.555. The second-order valence-corrected chi connectivity index (χ2v) is 3.12. The van der Waals surface area contributed by atoms with Crippen molar-refractivity contribution in [3.8, 4) is 6.07 Å². The molecule has 0 saturated heterocycles. The van der Waals surface area contributed by atoms with Crippen LogP contribution in [0.4, 0.5) is 14.5 Å². The predicted octanol–water partition coefficient (Wildman–Crippen LogP) is 1.43. The summed E-state index contributed by atoms with van der Waals surface area (Å²) in [7, 11) is 0. The molecule has 0 spiro atoms. The Bertz CT molecular complexity index is 553. The van der Waals surface area contributed by atoms with E-state index in [9.17, 15) is 23.7 Å². The third kappa shape index (κ3) is 2.54. The molecule has 0 bridgehead atoms. The van der Waals surface area contributed by atoms with Crippen molar-refractivity contribution in [1.29, 1.82) is 5.26 Å². The lowest BCUT2D eigenvalue weighted by molar-refractivity contribution is -0.386. The van der Waals surface area contributed by atoms with Crippen molar-refractivity contribution in [2.75, 3.05) is 0 Å². The molecule has 0 saturated carbocycles. The van der Waals surface area contributed by atoms with Crippen LogP contribution in [0.1, 0.15) is 23.2 Å². The molecule has 7 nitrogen and oxygen atoms in total. The highest BCUT2D eigenvalue weighted by Crippen LogP contribution is 2.31. The van der Waals surface area contributed by atoms with Gasteiger partial charge in [0.05, 0.1) is 23.1 Å². The van der Waals surface area contributed by atoms with Gasteiger partial charge in [-0.15, -0.1) is 0 Å². The summed E-state index contributed by atoms with van der Waals surface area (Å²) in [5.74, 6) is -1.53. The van der Waals surface area contributed by atoms with Crippen molar-refractivity contribution in [2.45, 2.75) is 12.8 Å². The topological polar surface area (TPSA) is 117 Å². The van der Waals surface area contributed by atoms with E-state index >= 15 is 0 Å². The number of halogens is 2. The fourth-order valence-corrected chi connectivity index (χ4v) is 1.36. The highest BCUT2D eigenvalue weighted by atomic mass is 19.3. The van der Waals surface area contributed by atoms with E-state index in [4.69, 9.17) is 10.4 Å². The Hall–Kier alpha value is -2.63. The Morgan fingerprint density at radius 1 is 1.67 bits per heavy atom. The Morgan fingerprint density at radius 2 is 2.28 bits per heavy atom. The summed E-state index contributed by atoms with van der Waals surface area (Å²) in [6.07, 6.45) is -3.53. The molecule has 0 atom stereocenters. The van der Waals surface area contributed by atoms with Gasteiger partial charge in [0, 0.05) is 0 Å². The molecule has 1 rings (SSSR count). The van der Waals surface area contributed by atoms with Crippen LogP contribution in [0, 0.1) is 21.4 Å². The van der Waals surface area contributed by atoms with Crippen LogP contribution in [-0.2, 0) is 11.2 Å². The molecule has 1 aromatic rings. The van der Waals surface area contributed by atoms with Gasteiger partial charge in [-0.25, -0.2) is 8.78 Å². The largest absolute Gasteiger partial charge is 0.481 e. The second kappa shape index (κ2) is 5.13. The number of nitrogens with zero attached hydrogens (tertiary/aromatic N) is 3. The lowest BCUT2D eigenvalue weighted by Gasteiger charge is -2.07. The molecule has 94 valence electrons. The molecule has 18 heavy (non-hydrogen) atoms. The van der Waals surface area contributed by atoms with Crippen LogP contribution in [0.3, 0.4) is 0 Å². The number of nitriles is 1. The molecule has 0 radical (unpaired) electrons. The van der Waals surface area contributed by atoms with Crippen LogP contribution in [0.25, 0.3) is 0 Å². The van der Waals surface area contributed by atoms with Gasteiger partial charge in [-0.2, -0.15) is 5.26 Å². The Labute approximate surface area is 98.4 Å². The van der Waals surface area contributed by atoms with E-state index < -0.39 is 46.2 Å². The van der Waals surface area contributed by atoms with Gasteiger partial charge in [0.2, 0.25) is 0 Å². The van der Waals surface area contributed by atoms with Gasteiger partial charge in [-0.05, 0) is 0 Å². The summed E-state index contributed by atoms with van der Waals surface area (Å²) in [4.78, 5) is 23.4. The van der Waals surface area contributed by atoms with Gasteiger partial charge in [0.15, 0.2) is 0 Å². The van der Waals surface area contributed by atoms with Crippen molar-refractivity contribution in [3.05, 3.63) is 33.1 Å². The molecule has 0 aliphatic heterocycles. The zero-order valence-electron chi connectivity index (χ0n) is 8.63. The smallest absolute Gasteiger partial charge is 0.308 e. The molecule has 0 aliphatic carbocycles. The van der Waals surface area contributed by atoms with Crippen LogP contribution >= 0.6 is 0 Å². The molecule has 1 heterocycles. The van der Waals surface area contributed by atoms with Crippen molar-refractivity contribution in [1.82, 2.24) is 4.98 Å². The van der Waals surface area contributed by atoms with Crippen molar-refractivity contribution < 1.29 is 23.6 Å². The van der Waals surface area contributed by atoms with Crippen molar-refractivity contribution >= 4 is 11.7 Å². The third-order valence-corrected chi connectivity index (χ3v) is 2.02. The van der Waals surface area contributed by atoms with Gasteiger partial charge in [-0.3, -0.25) is 19.9 Å². The number of carboxylic acid groups (broad SMARTS) is 1. The van der Waals surface area contributed by atoms with Gasteiger partial charge in [0.25, 0.3) is 12.1 Å². The number of alkyl halides is 2. The lowest BCUT2D eigenvalue weighted by atomic mass is 10.0. The van der Waals surface area contributed by atoms with E-state index in [1.54, 1.807) is 0 Å². The number of hydrogen-bond acceptors (Lipinski definition) is 5. The molecule has 1 N–H and O–H groups in total. The second-order valence-electron chi connectivity index (χ2n) is 3.12.